The normalized spacial score (nSPS) is 13.5. The molecule has 0 bridgehead atoms. The Morgan fingerprint density at radius 3 is 2.44 bits per heavy atom. The van der Waals surface area contributed by atoms with Crippen LogP contribution in [0, 0.1) is 12.7 Å². The van der Waals surface area contributed by atoms with E-state index in [-0.39, 0.29) is 18.3 Å². The summed E-state index contributed by atoms with van der Waals surface area (Å²) in [4.78, 5) is 34.0. The van der Waals surface area contributed by atoms with Crippen LogP contribution in [0.2, 0.25) is 0 Å². The zero-order chi connectivity index (χ0) is 29.2. The van der Waals surface area contributed by atoms with E-state index in [2.05, 4.69) is 10.2 Å². The fourth-order valence-electron chi connectivity index (χ4n) is 4.48. The van der Waals surface area contributed by atoms with Gasteiger partial charge in [0, 0.05) is 43.7 Å². The fraction of sp³-hybridized carbons (Fsp3) is 0.400. The smallest absolute Gasteiger partial charge is 0.322 e. The zero-order valence-electron chi connectivity index (χ0n) is 23.7. The van der Waals surface area contributed by atoms with Gasteiger partial charge >= 0.3 is 6.03 Å². The van der Waals surface area contributed by atoms with Gasteiger partial charge in [0.1, 0.15) is 23.9 Å². The van der Waals surface area contributed by atoms with Crippen LogP contribution in [-0.2, 0) is 22.6 Å². The van der Waals surface area contributed by atoms with Crippen molar-refractivity contribution in [1.82, 2.24) is 14.7 Å². The van der Waals surface area contributed by atoms with Gasteiger partial charge in [-0.1, -0.05) is 12.1 Å². The van der Waals surface area contributed by atoms with Crippen molar-refractivity contribution in [2.45, 2.75) is 20.0 Å². The van der Waals surface area contributed by atoms with Crippen molar-refractivity contribution in [2.24, 2.45) is 0 Å². The van der Waals surface area contributed by atoms with E-state index in [1.54, 1.807) is 53.7 Å². The molecular formula is C30H37FN4O5S. The Labute approximate surface area is 244 Å². The largest absolute Gasteiger partial charge is 0.497 e. The highest BCUT2D eigenvalue weighted by Crippen LogP contribution is 2.29. The molecule has 2 heterocycles. The highest BCUT2D eigenvalue weighted by molar-refractivity contribution is 7.10. The summed E-state index contributed by atoms with van der Waals surface area (Å²) in [5.74, 6) is 0.504. The molecule has 1 saturated heterocycles. The van der Waals surface area contributed by atoms with Crippen LogP contribution in [0.4, 0.5) is 14.9 Å². The van der Waals surface area contributed by atoms with Crippen LogP contribution >= 0.6 is 11.3 Å². The molecule has 0 saturated carbocycles. The van der Waals surface area contributed by atoms with Crippen molar-refractivity contribution in [3.63, 3.8) is 0 Å². The number of rotatable bonds is 12. The molecule has 3 amide bonds. The number of halogens is 1. The number of amides is 3. The predicted molar refractivity (Wildman–Crippen MR) is 157 cm³/mol. The monoisotopic (exact) mass is 584 g/mol. The number of methoxy groups -OCH3 is 2. The number of thiophene rings is 1. The summed E-state index contributed by atoms with van der Waals surface area (Å²) in [5.41, 5.74) is 2.38. The van der Waals surface area contributed by atoms with E-state index in [0.717, 1.165) is 29.1 Å². The number of benzene rings is 2. The van der Waals surface area contributed by atoms with Gasteiger partial charge in [-0.25, -0.2) is 9.18 Å². The van der Waals surface area contributed by atoms with Crippen molar-refractivity contribution >= 4 is 29.0 Å². The summed E-state index contributed by atoms with van der Waals surface area (Å²) < 4.78 is 29.7. The van der Waals surface area contributed by atoms with Gasteiger partial charge in [0.15, 0.2) is 0 Å². The summed E-state index contributed by atoms with van der Waals surface area (Å²) in [7, 11) is 3.07. The van der Waals surface area contributed by atoms with Crippen LogP contribution in [0.5, 0.6) is 11.5 Å². The Hall–Kier alpha value is -3.67. The average molecular weight is 585 g/mol. The van der Waals surface area contributed by atoms with Gasteiger partial charge in [0.05, 0.1) is 39.7 Å². The SMILES string of the molecule is COc1ccc(NC(=O)N(CCN2CCOCC2)CC(=O)N(Cc2ccc(F)cc2)Cc2sccc2C)c(OC)c1. The van der Waals surface area contributed by atoms with E-state index >= 15 is 0 Å². The third-order valence-electron chi connectivity index (χ3n) is 7.00. The maximum Gasteiger partial charge on any atom is 0.322 e. The van der Waals surface area contributed by atoms with Crippen LogP contribution in [-0.4, -0.2) is 86.8 Å². The molecule has 2 aromatic carbocycles. The minimum Gasteiger partial charge on any atom is -0.497 e. The van der Waals surface area contributed by atoms with E-state index < -0.39 is 6.03 Å². The summed E-state index contributed by atoms with van der Waals surface area (Å²) in [6.07, 6.45) is 0. The highest BCUT2D eigenvalue weighted by atomic mass is 32.1. The number of carbonyl (C=O) groups excluding carboxylic acids is 2. The summed E-state index contributed by atoms with van der Waals surface area (Å²) >= 11 is 1.58. The van der Waals surface area contributed by atoms with Crippen LogP contribution in [0.15, 0.2) is 53.9 Å². The lowest BCUT2D eigenvalue weighted by Crippen LogP contribution is -2.48. The molecule has 0 atom stereocenters. The number of morpholine rings is 1. The molecule has 9 nitrogen and oxygen atoms in total. The first kappa shape index (κ1) is 30.3. The molecule has 1 N–H and O–H groups in total. The first-order chi connectivity index (χ1) is 19.9. The maximum absolute atomic E-state index is 13.8. The Morgan fingerprint density at radius 1 is 1.02 bits per heavy atom. The molecule has 220 valence electrons. The molecule has 11 heteroatoms. The third kappa shape index (κ3) is 8.66. The molecule has 0 aliphatic carbocycles. The lowest BCUT2D eigenvalue weighted by molar-refractivity contribution is -0.133. The zero-order valence-corrected chi connectivity index (χ0v) is 24.5. The Kier molecular flexibility index (Phi) is 10.9. The van der Waals surface area contributed by atoms with Gasteiger partial charge in [-0.3, -0.25) is 9.69 Å². The maximum atomic E-state index is 13.8. The lowest BCUT2D eigenvalue weighted by atomic mass is 10.2. The Morgan fingerprint density at radius 2 is 1.78 bits per heavy atom. The minimum absolute atomic E-state index is 0.125. The average Bonchev–Trinajstić information content (AvgIpc) is 3.40. The van der Waals surface area contributed by atoms with E-state index in [1.807, 2.05) is 18.4 Å². The number of hydrogen-bond acceptors (Lipinski definition) is 7. The number of hydrogen-bond donors (Lipinski definition) is 1. The van der Waals surface area contributed by atoms with Crippen molar-refractivity contribution in [3.8, 4) is 11.5 Å². The first-order valence-electron chi connectivity index (χ1n) is 13.5. The van der Waals surface area contributed by atoms with Gasteiger partial charge in [0.25, 0.3) is 0 Å². The van der Waals surface area contributed by atoms with Gasteiger partial charge in [-0.2, -0.15) is 0 Å². The number of anilines is 1. The third-order valence-corrected chi connectivity index (χ3v) is 8.00. The second-order valence-corrected chi connectivity index (χ2v) is 10.8. The molecule has 41 heavy (non-hydrogen) atoms. The van der Waals surface area contributed by atoms with E-state index in [0.29, 0.717) is 56.6 Å². The molecule has 1 aromatic heterocycles. The number of aryl methyl sites for hydroxylation is 1. The molecule has 0 spiro atoms. The lowest BCUT2D eigenvalue weighted by Gasteiger charge is -2.31. The van der Waals surface area contributed by atoms with Crippen LogP contribution in [0.1, 0.15) is 16.0 Å². The van der Waals surface area contributed by atoms with E-state index in [9.17, 15) is 14.0 Å². The van der Waals surface area contributed by atoms with Gasteiger partial charge in [-0.05, 0) is 53.8 Å². The molecule has 0 unspecified atom stereocenters. The second kappa shape index (κ2) is 14.8. The van der Waals surface area contributed by atoms with E-state index in [4.69, 9.17) is 14.2 Å². The highest BCUT2D eigenvalue weighted by Gasteiger charge is 2.24. The van der Waals surface area contributed by atoms with Crippen LogP contribution in [0.25, 0.3) is 0 Å². The van der Waals surface area contributed by atoms with Crippen LogP contribution < -0.4 is 14.8 Å². The molecule has 3 aromatic rings. The summed E-state index contributed by atoms with van der Waals surface area (Å²) in [6.45, 7) is 6.33. The first-order valence-corrected chi connectivity index (χ1v) is 14.4. The van der Waals surface area contributed by atoms with E-state index in [1.165, 1.54) is 24.1 Å². The number of urea groups is 1. The molecular weight excluding hydrogens is 547 g/mol. The summed E-state index contributed by atoms with van der Waals surface area (Å²) in [5, 5.41) is 4.90. The fourth-order valence-corrected chi connectivity index (χ4v) is 5.40. The van der Waals surface area contributed by atoms with Gasteiger partial charge < -0.3 is 29.3 Å². The molecule has 4 rings (SSSR count). The molecule has 1 aliphatic heterocycles. The van der Waals surface area contributed by atoms with Crippen LogP contribution in [0.3, 0.4) is 0 Å². The standard InChI is InChI=1S/C30H37FN4O5S/c1-22-10-17-41-28(22)20-35(19-23-4-6-24(31)7-5-23)29(36)21-34(12-11-33-13-15-40-16-14-33)30(37)32-26-9-8-25(38-2)18-27(26)39-3/h4-10,17-18H,11-16,19-21H2,1-3H3,(H,32,37). The number of nitrogens with zero attached hydrogens (tertiary/aromatic N) is 3. The molecule has 0 radical (unpaired) electrons. The topological polar surface area (TPSA) is 83.6 Å². The predicted octanol–water partition coefficient (Wildman–Crippen LogP) is 4.61. The number of carbonyl (C=O) groups is 2. The van der Waals surface area contributed by atoms with Gasteiger partial charge in [0.2, 0.25) is 5.91 Å². The molecule has 1 aliphatic rings. The number of nitrogens with one attached hydrogen (secondary N) is 1. The number of ether oxygens (including phenoxy) is 3. The second-order valence-electron chi connectivity index (χ2n) is 9.77. The Bertz CT molecular complexity index is 1300. The van der Waals surface area contributed by atoms with Crippen molar-refractivity contribution in [3.05, 3.63) is 75.7 Å². The van der Waals surface area contributed by atoms with Gasteiger partial charge in [-0.15, -0.1) is 11.3 Å². The quantitative estimate of drug-likeness (QED) is 0.335. The minimum atomic E-state index is -0.413. The van der Waals surface area contributed by atoms with Crippen molar-refractivity contribution in [2.75, 3.05) is 65.5 Å². The van der Waals surface area contributed by atoms with Crippen molar-refractivity contribution in [1.29, 1.82) is 0 Å². The Balaban J connectivity index is 1.54. The molecule has 1 fully saturated rings. The summed E-state index contributed by atoms with van der Waals surface area (Å²) in [6, 6.07) is 12.9. The van der Waals surface area contributed by atoms with Crippen molar-refractivity contribution < 1.29 is 28.2 Å².